The molecule has 19 heavy (non-hydrogen) atoms. The van der Waals surface area contributed by atoms with Crippen LogP contribution in [0.2, 0.25) is 0 Å². The molecule has 0 aliphatic rings. The molecular weight excluding hydrogens is 260 g/mol. The summed E-state index contributed by atoms with van der Waals surface area (Å²) in [5, 5.41) is 4.59. The molecule has 0 spiro atoms. The molecule has 2 N–H and O–H groups in total. The highest BCUT2D eigenvalue weighted by Crippen LogP contribution is 2.20. The fraction of sp³-hybridized carbons (Fsp3) is 0.429. The first-order valence-electron chi connectivity index (χ1n) is 6.29. The second-order valence-electron chi connectivity index (χ2n) is 4.23. The SMILES string of the molecule is CCNC(=O)NC(=O)[C@@H](C)SCc1ccccc1C. The summed E-state index contributed by atoms with van der Waals surface area (Å²) < 4.78 is 0. The van der Waals surface area contributed by atoms with Crippen LogP contribution >= 0.6 is 11.8 Å². The average molecular weight is 280 g/mol. The van der Waals surface area contributed by atoms with Crippen molar-refractivity contribution < 1.29 is 9.59 Å². The second kappa shape index (κ2) is 7.84. The van der Waals surface area contributed by atoms with Gasteiger partial charge in [0.1, 0.15) is 0 Å². The number of carbonyl (C=O) groups is 2. The first-order valence-corrected chi connectivity index (χ1v) is 7.34. The Hall–Kier alpha value is -1.49. The van der Waals surface area contributed by atoms with Gasteiger partial charge in [0.25, 0.3) is 0 Å². The van der Waals surface area contributed by atoms with Gasteiger partial charge in [0.2, 0.25) is 5.91 Å². The molecule has 1 aromatic rings. The van der Waals surface area contributed by atoms with E-state index in [2.05, 4.69) is 29.7 Å². The molecule has 0 heterocycles. The van der Waals surface area contributed by atoms with Gasteiger partial charge in [0.05, 0.1) is 5.25 Å². The van der Waals surface area contributed by atoms with Gasteiger partial charge in [0, 0.05) is 12.3 Å². The first-order chi connectivity index (χ1) is 9.04. The van der Waals surface area contributed by atoms with Crippen LogP contribution in [0.4, 0.5) is 4.79 Å². The monoisotopic (exact) mass is 280 g/mol. The molecule has 0 unspecified atom stereocenters. The molecule has 4 nitrogen and oxygen atoms in total. The third-order valence-corrected chi connectivity index (χ3v) is 3.89. The van der Waals surface area contributed by atoms with Crippen LogP contribution in [0.1, 0.15) is 25.0 Å². The lowest BCUT2D eigenvalue weighted by Gasteiger charge is -2.12. The number of hydrogen-bond donors (Lipinski definition) is 2. The maximum atomic E-state index is 11.7. The smallest absolute Gasteiger partial charge is 0.321 e. The van der Waals surface area contributed by atoms with Crippen molar-refractivity contribution in [2.24, 2.45) is 0 Å². The largest absolute Gasteiger partial charge is 0.338 e. The van der Waals surface area contributed by atoms with Crippen LogP contribution in [0, 0.1) is 6.92 Å². The quantitative estimate of drug-likeness (QED) is 0.871. The zero-order valence-corrected chi connectivity index (χ0v) is 12.3. The standard InChI is InChI=1S/C14H20N2O2S/c1-4-15-14(18)16-13(17)11(3)19-9-12-8-6-5-7-10(12)2/h5-8,11H,4,9H2,1-3H3,(H2,15,16,17,18)/t11-/m1/s1. The number of hydrogen-bond acceptors (Lipinski definition) is 3. The van der Waals surface area contributed by atoms with E-state index >= 15 is 0 Å². The zero-order valence-electron chi connectivity index (χ0n) is 11.5. The molecule has 104 valence electrons. The highest BCUT2D eigenvalue weighted by molar-refractivity contribution is 7.99. The van der Waals surface area contributed by atoms with E-state index in [-0.39, 0.29) is 11.2 Å². The number of amides is 3. The van der Waals surface area contributed by atoms with Gasteiger partial charge in [-0.05, 0) is 31.9 Å². The highest BCUT2D eigenvalue weighted by Gasteiger charge is 2.16. The molecule has 3 amide bonds. The number of aryl methyl sites for hydroxylation is 1. The fourth-order valence-electron chi connectivity index (χ4n) is 1.48. The van der Waals surface area contributed by atoms with Gasteiger partial charge >= 0.3 is 6.03 Å². The Bertz CT molecular complexity index is 449. The van der Waals surface area contributed by atoms with Crippen molar-refractivity contribution in [2.45, 2.75) is 31.8 Å². The van der Waals surface area contributed by atoms with Gasteiger partial charge in [-0.2, -0.15) is 0 Å². The summed E-state index contributed by atoms with van der Waals surface area (Å²) in [4.78, 5) is 23.0. The summed E-state index contributed by atoms with van der Waals surface area (Å²) in [5.41, 5.74) is 2.43. The third-order valence-electron chi connectivity index (χ3n) is 2.69. The van der Waals surface area contributed by atoms with Crippen molar-refractivity contribution in [2.75, 3.05) is 6.54 Å². The molecule has 1 aromatic carbocycles. The number of benzene rings is 1. The van der Waals surface area contributed by atoms with Crippen LogP contribution < -0.4 is 10.6 Å². The van der Waals surface area contributed by atoms with E-state index in [1.54, 1.807) is 13.8 Å². The third kappa shape index (κ3) is 5.34. The molecule has 5 heteroatoms. The number of nitrogens with one attached hydrogen (secondary N) is 2. The van der Waals surface area contributed by atoms with Crippen molar-refractivity contribution in [3.05, 3.63) is 35.4 Å². The Balaban J connectivity index is 2.43. The number of urea groups is 1. The molecule has 0 aromatic heterocycles. The molecule has 1 atom stereocenters. The van der Waals surface area contributed by atoms with E-state index in [1.807, 2.05) is 12.1 Å². The van der Waals surface area contributed by atoms with E-state index in [4.69, 9.17) is 0 Å². The Labute approximate surface area is 118 Å². The lowest BCUT2D eigenvalue weighted by atomic mass is 10.1. The fourth-order valence-corrected chi connectivity index (χ4v) is 2.44. The van der Waals surface area contributed by atoms with Gasteiger partial charge in [-0.3, -0.25) is 10.1 Å². The van der Waals surface area contributed by atoms with E-state index < -0.39 is 6.03 Å². The molecule has 0 radical (unpaired) electrons. The maximum Gasteiger partial charge on any atom is 0.321 e. The summed E-state index contributed by atoms with van der Waals surface area (Å²) in [6, 6.07) is 7.65. The second-order valence-corrected chi connectivity index (χ2v) is 5.56. The number of carbonyl (C=O) groups excluding carboxylic acids is 2. The van der Waals surface area contributed by atoms with Gasteiger partial charge in [-0.1, -0.05) is 24.3 Å². The predicted octanol–water partition coefficient (Wildman–Crippen LogP) is 2.46. The first kappa shape index (κ1) is 15.6. The van der Waals surface area contributed by atoms with E-state index in [0.29, 0.717) is 6.54 Å². The van der Waals surface area contributed by atoms with Crippen molar-refractivity contribution in [3.8, 4) is 0 Å². The lowest BCUT2D eigenvalue weighted by Crippen LogP contribution is -2.42. The van der Waals surface area contributed by atoms with E-state index in [1.165, 1.54) is 22.9 Å². The molecule has 0 saturated carbocycles. The number of thioether (sulfide) groups is 1. The molecule has 0 fully saturated rings. The number of rotatable bonds is 5. The van der Waals surface area contributed by atoms with Gasteiger partial charge in [0.15, 0.2) is 0 Å². The minimum absolute atomic E-state index is 0.260. The predicted molar refractivity (Wildman–Crippen MR) is 79.2 cm³/mol. The van der Waals surface area contributed by atoms with Crippen molar-refractivity contribution >= 4 is 23.7 Å². The van der Waals surface area contributed by atoms with E-state index in [9.17, 15) is 9.59 Å². The van der Waals surface area contributed by atoms with Crippen LogP contribution in [0.25, 0.3) is 0 Å². The Kier molecular flexibility index (Phi) is 6.42. The highest BCUT2D eigenvalue weighted by atomic mass is 32.2. The minimum atomic E-state index is -0.434. The Morgan fingerprint density at radius 2 is 2.00 bits per heavy atom. The van der Waals surface area contributed by atoms with Crippen LogP contribution in [-0.4, -0.2) is 23.7 Å². The summed E-state index contributed by atoms with van der Waals surface area (Å²) in [7, 11) is 0. The molecule has 0 aliphatic carbocycles. The number of imide groups is 1. The van der Waals surface area contributed by atoms with Crippen molar-refractivity contribution in [3.63, 3.8) is 0 Å². The normalized spacial score (nSPS) is 11.7. The molecule has 0 saturated heterocycles. The Morgan fingerprint density at radius 3 is 2.63 bits per heavy atom. The van der Waals surface area contributed by atoms with Crippen molar-refractivity contribution in [1.29, 1.82) is 0 Å². The van der Waals surface area contributed by atoms with E-state index in [0.717, 1.165) is 5.75 Å². The van der Waals surface area contributed by atoms with Crippen LogP contribution in [-0.2, 0) is 10.5 Å². The zero-order chi connectivity index (χ0) is 14.3. The van der Waals surface area contributed by atoms with Crippen molar-refractivity contribution in [1.82, 2.24) is 10.6 Å². The van der Waals surface area contributed by atoms with Gasteiger partial charge in [-0.25, -0.2) is 4.79 Å². The topological polar surface area (TPSA) is 58.2 Å². The summed E-state index contributed by atoms with van der Waals surface area (Å²) >= 11 is 1.52. The van der Waals surface area contributed by atoms with Crippen LogP contribution in [0.3, 0.4) is 0 Å². The minimum Gasteiger partial charge on any atom is -0.338 e. The van der Waals surface area contributed by atoms with Crippen LogP contribution in [0.15, 0.2) is 24.3 Å². The summed E-state index contributed by atoms with van der Waals surface area (Å²) in [6.07, 6.45) is 0. The molecular formula is C14H20N2O2S. The molecule has 0 aliphatic heterocycles. The Morgan fingerprint density at radius 1 is 1.32 bits per heavy atom. The van der Waals surface area contributed by atoms with Gasteiger partial charge < -0.3 is 5.32 Å². The van der Waals surface area contributed by atoms with Crippen LogP contribution in [0.5, 0.6) is 0 Å². The summed E-state index contributed by atoms with van der Waals surface area (Å²) in [6.45, 7) is 6.16. The lowest BCUT2D eigenvalue weighted by molar-refractivity contribution is -0.119. The van der Waals surface area contributed by atoms with Gasteiger partial charge in [-0.15, -0.1) is 11.8 Å². The molecule has 1 rings (SSSR count). The summed E-state index contributed by atoms with van der Waals surface area (Å²) in [5.74, 6) is 0.501. The molecule has 0 bridgehead atoms. The maximum absolute atomic E-state index is 11.7. The average Bonchev–Trinajstić information content (AvgIpc) is 2.37.